The highest BCUT2D eigenvalue weighted by atomic mass is 35.5. The number of hydrogen-bond acceptors (Lipinski definition) is 4. The van der Waals surface area contributed by atoms with Gasteiger partial charge < -0.3 is 20.3 Å². The predicted molar refractivity (Wildman–Crippen MR) is 139 cm³/mol. The van der Waals surface area contributed by atoms with Gasteiger partial charge in [0.2, 0.25) is 0 Å². The number of amidine groups is 1. The first-order valence-electron chi connectivity index (χ1n) is 11.4. The third-order valence-corrected chi connectivity index (χ3v) is 6.17. The smallest absolute Gasteiger partial charge is 0.257 e. The molecule has 3 aromatic rings. The quantitative estimate of drug-likeness (QED) is 0.307. The Bertz CT molecular complexity index is 1220. The second-order valence-corrected chi connectivity index (χ2v) is 8.74. The Hall–Kier alpha value is -3.84. The number of nitrogens with one attached hydrogen (secondary N) is 3. The molecule has 3 N–H and O–H groups in total. The van der Waals surface area contributed by atoms with Crippen LogP contribution in [0.25, 0.3) is 0 Å². The molecule has 0 atom stereocenters. The highest BCUT2D eigenvalue weighted by Crippen LogP contribution is 2.25. The summed E-state index contributed by atoms with van der Waals surface area (Å²) in [6, 6.07) is 18.6. The molecule has 2 amide bonds. The van der Waals surface area contributed by atoms with E-state index in [2.05, 4.69) is 15.5 Å². The number of benzene rings is 3. The van der Waals surface area contributed by atoms with Crippen LogP contribution in [0.1, 0.15) is 45.5 Å². The molecule has 0 aromatic heterocycles. The minimum atomic E-state index is -0.396. The molecular formula is C27H27ClN4O3. The molecule has 180 valence electrons. The fraction of sp³-hybridized carbons (Fsp3) is 0.222. The van der Waals surface area contributed by atoms with Gasteiger partial charge in [0.25, 0.3) is 11.8 Å². The Morgan fingerprint density at radius 3 is 2.17 bits per heavy atom. The zero-order valence-electron chi connectivity index (χ0n) is 19.4. The van der Waals surface area contributed by atoms with Crippen molar-refractivity contribution in [2.45, 2.75) is 19.3 Å². The average molecular weight is 491 g/mol. The van der Waals surface area contributed by atoms with E-state index in [1.165, 1.54) is 13.5 Å². The number of nitrogens with zero attached hydrogens (tertiary/aromatic N) is 1. The minimum absolute atomic E-state index is 0.260. The molecule has 35 heavy (non-hydrogen) atoms. The fourth-order valence-electron chi connectivity index (χ4n) is 3.95. The standard InChI is InChI=1S/C27H27ClN4O3/c1-35-22-13-14-24(23(17-22)27(34)30-21-11-9-20(28)10-12-21)31-26(33)19-7-5-18(6-8-19)25(29)32-15-3-2-4-16-32/h5-14,17,29H,2-4,15-16H2,1H3,(H,30,34)(H,31,33). The van der Waals surface area contributed by atoms with Gasteiger partial charge in [-0.2, -0.15) is 0 Å². The van der Waals surface area contributed by atoms with Crippen LogP contribution in [0.15, 0.2) is 66.7 Å². The lowest BCUT2D eigenvalue weighted by atomic mass is 10.1. The van der Waals surface area contributed by atoms with Crippen LogP contribution >= 0.6 is 11.6 Å². The van der Waals surface area contributed by atoms with E-state index in [9.17, 15) is 9.59 Å². The first-order chi connectivity index (χ1) is 16.9. The van der Waals surface area contributed by atoms with Crippen molar-refractivity contribution in [2.24, 2.45) is 0 Å². The van der Waals surface area contributed by atoms with Gasteiger partial charge in [0.05, 0.1) is 18.4 Å². The number of rotatable bonds is 6. The molecule has 0 unspecified atom stereocenters. The van der Waals surface area contributed by atoms with Gasteiger partial charge in [-0.3, -0.25) is 15.0 Å². The van der Waals surface area contributed by atoms with Gasteiger partial charge in [-0.05, 0) is 73.9 Å². The van der Waals surface area contributed by atoms with Crippen LogP contribution in [0.4, 0.5) is 11.4 Å². The summed E-state index contributed by atoms with van der Waals surface area (Å²) in [7, 11) is 1.51. The SMILES string of the molecule is COc1ccc(NC(=O)c2ccc(C(=N)N3CCCCC3)cc2)c(C(=O)Nc2ccc(Cl)cc2)c1. The van der Waals surface area contributed by atoms with E-state index in [0.717, 1.165) is 31.5 Å². The van der Waals surface area contributed by atoms with Crippen molar-refractivity contribution in [3.63, 3.8) is 0 Å². The number of hydrogen-bond donors (Lipinski definition) is 3. The van der Waals surface area contributed by atoms with Crippen molar-refractivity contribution in [3.05, 3.63) is 88.4 Å². The van der Waals surface area contributed by atoms with Gasteiger partial charge in [-0.25, -0.2) is 0 Å². The number of amides is 2. The van der Waals surface area contributed by atoms with Gasteiger partial charge in [0, 0.05) is 34.9 Å². The number of anilines is 2. The molecule has 1 saturated heterocycles. The molecule has 1 aliphatic heterocycles. The number of methoxy groups -OCH3 is 1. The van der Waals surface area contributed by atoms with Crippen molar-refractivity contribution in [3.8, 4) is 5.75 Å². The third kappa shape index (κ3) is 6.00. The molecule has 0 aliphatic carbocycles. The summed E-state index contributed by atoms with van der Waals surface area (Å²) in [5.74, 6) is 0.219. The summed E-state index contributed by atoms with van der Waals surface area (Å²) in [4.78, 5) is 28.0. The Kier molecular flexibility index (Phi) is 7.67. The summed E-state index contributed by atoms with van der Waals surface area (Å²) in [6.07, 6.45) is 3.39. The minimum Gasteiger partial charge on any atom is -0.497 e. The maximum absolute atomic E-state index is 13.0. The molecule has 0 saturated carbocycles. The summed E-state index contributed by atoms with van der Waals surface area (Å²) < 4.78 is 5.27. The topological polar surface area (TPSA) is 94.5 Å². The number of carbonyl (C=O) groups excluding carboxylic acids is 2. The number of halogens is 1. The average Bonchev–Trinajstić information content (AvgIpc) is 2.90. The molecule has 1 heterocycles. The lowest BCUT2D eigenvalue weighted by Crippen LogP contribution is -2.35. The Morgan fingerprint density at radius 2 is 1.51 bits per heavy atom. The maximum Gasteiger partial charge on any atom is 0.257 e. The second-order valence-electron chi connectivity index (χ2n) is 8.30. The highest BCUT2D eigenvalue weighted by molar-refractivity contribution is 6.30. The van der Waals surface area contributed by atoms with Crippen LogP contribution in [-0.2, 0) is 0 Å². The number of ether oxygens (including phenoxy) is 1. The summed E-state index contributed by atoms with van der Waals surface area (Å²) in [5, 5.41) is 14.7. The molecule has 8 heteroatoms. The zero-order valence-corrected chi connectivity index (χ0v) is 20.2. The highest BCUT2D eigenvalue weighted by Gasteiger charge is 2.18. The van der Waals surface area contributed by atoms with Crippen molar-refractivity contribution in [1.82, 2.24) is 4.90 Å². The van der Waals surface area contributed by atoms with Gasteiger partial charge in [0.15, 0.2) is 0 Å². The van der Waals surface area contributed by atoms with E-state index in [0.29, 0.717) is 33.5 Å². The van der Waals surface area contributed by atoms with Crippen LogP contribution < -0.4 is 15.4 Å². The fourth-order valence-corrected chi connectivity index (χ4v) is 4.08. The molecule has 7 nitrogen and oxygen atoms in total. The van der Waals surface area contributed by atoms with Gasteiger partial charge in [-0.15, -0.1) is 0 Å². The maximum atomic E-state index is 13.0. The van der Waals surface area contributed by atoms with E-state index >= 15 is 0 Å². The predicted octanol–water partition coefficient (Wildman–Crippen LogP) is 5.66. The van der Waals surface area contributed by atoms with Crippen molar-refractivity contribution in [2.75, 3.05) is 30.8 Å². The Morgan fingerprint density at radius 1 is 0.857 bits per heavy atom. The molecule has 4 rings (SSSR count). The lowest BCUT2D eigenvalue weighted by Gasteiger charge is -2.29. The van der Waals surface area contributed by atoms with Crippen molar-refractivity contribution >= 4 is 40.6 Å². The molecular weight excluding hydrogens is 464 g/mol. The summed E-state index contributed by atoms with van der Waals surface area (Å²) >= 11 is 5.92. The van der Waals surface area contributed by atoms with E-state index < -0.39 is 5.91 Å². The Balaban J connectivity index is 1.49. The molecule has 0 spiro atoms. The number of piperidine rings is 1. The molecule has 0 radical (unpaired) electrons. The first kappa shape index (κ1) is 24.3. The normalized spacial score (nSPS) is 13.1. The van der Waals surface area contributed by atoms with Gasteiger partial charge >= 0.3 is 0 Å². The summed E-state index contributed by atoms with van der Waals surface area (Å²) in [5.41, 5.74) is 2.39. The van der Waals surface area contributed by atoms with E-state index in [1.807, 2.05) is 0 Å². The molecule has 0 bridgehead atoms. The van der Waals surface area contributed by atoms with Gasteiger partial charge in [0.1, 0.15) is 11.6 Å². The monoisotopic (exact) mass is 490 g/mol. The first-order valence-corrected chi connectivity index (χ1v) is 11.8. The number of likely N-dealkylation sites (tertiary alicyclic amines) is 1. The number of carbonyl (C=O) groups is 2. The lowest BCUT2D eigenvalue weighted by molar-refractivity contribution is 0.102. The van der Waals surface area contributed by atoms with E-state index in [1.54, 1.807) is 66.7 Å². The van der Waals surface area contributed by atoms with Crippen LogP contribution in [0.2, 0.25) is 5.02 Å². The Labute approximate surface area is 209 Å². The summed E-state index contributed by atoms with van der Waals surface area (Å²) in [6.45, 7) is 1.78. The van der Waals surface area contributed by atoms with Crippen LogP contribution in [0, 0.1) is 5.41 Å². The molecule has 1 aliphatic rings. The zero-order chi connectivity index (χ0) is 24.8. The third-order valence-electron chi connectivity index (χ3n) is 5.91. The van der Waals surface area contributed by atoms with Crippen molar-refractivity contribution in [1.29, 1.82) is 5.41 Å². The van der Waals surface area contributed by atoms with Crippen LogP contribution in [0.3, 0.4) is 0 Å². The molecule has 1 fully saturated rings. The van der Waals surface area contributed by atoms with Gasteiger partial charge in [-0.1, -0.05) is 23.7 Å². The molecule has 3 aromatic carbocycles. The van der Waals surface area contributed by atoms with E-state index in [4.69, 9.17) is 21.7 Å². The largest absolute Gasteiger partial charge is 0.497 e. The second kappa shape index (κ2) is 11.1. The van der Waals surface area contributed by atoms with Crippen LogP contribution in [-0.4, -0.2) is 42.7 Å². The van der Waals surface area contributed by atoms with Crippen LogP contribution in [0.5, 0.6) is 5.75 Å². The van der Waals surface area contributed by atoms with E-state index in [-0.39, 0.29) is 11.5 Å². The van der Waals surface area contributed by atoms with Crippen molar-refractivity contribution < 1.29 is 14.3 Å².